The number of ether oxygens (including phenoxy) is 2. The van der Waals surface area contributed by atoms with E-state index >= 15 is 0 Å². The van der Waals surface area contributed by atoms with E-state index < -0.39 is 0 Å². The molecule has 138 valence electrons. The predicted octanol–water partition coefficient (Wildman–Crippen LogP) is 1.04. The van der Waals surface area contributed by atoms with Gasteiger partial charge in [0.05, 0.1) is 26.5 Å². The summed E-state index contributed by atoms with van der Waals surface area (Å²) in [6.07, 6.45) is 1.76. The highest BCUT2D eigenvalue weighted by Gasteiger charge is 2.21. The highest BCUT2D eigenvalue weighted by molar-refractivity contribution is 5.51. The Hall–Kier alpha value is -2.61. The molecule has 3 heterocycles. The standard InChI is InChI=1S/C18H24N6O2/c1-25-16-4-2-15(3-5-16)22-6-8-23(9-7-22)17-14-19-21-18(20-17)24-10-12-26-13-11-24/h2-5,14H,6-13H2,1H3. The first kappa shape index (κ1) is 16.8. The Morgan fingerprint density at radius 2 is 1.58 bits per heavy atom. The lowest BCUT2D eigenvalue weighted by Crippen LogP contribution is -2.47. The van der Waals surface area contributed by atoms with Crippen molar-refractivity contribution in [1.82, 2.24) is 15.2 Å². The number of aromatic nitrogens is 3. The fourth-order valence-electron chi connectivity index (χ4n) is 3.32. The van der Waals surface area contributed by atoms with Crippen molar-refractivity contribution in [3.05, 3.63) is 30.5 Å². The fraction of sp³-hybridized carbons (Fsp3) is 0.500. The first-order chi connectivity index (χ1) is 12.8. The number of nitrogens with zero attached hydrogens (tertiary/aromatic N) is 6. The second-order valence-electron chi connectivity index (χ2n) is 6.39. The quantitative estimate of drug-likeness (QED) is 0.805. The number of methoxy groups -OCH3 is 1. The van der Waals surface area contributed by atoms with Crippen LogP contribution in [0.1, 0.15) is 0 Å². The molecule has 0 spiro atoms. The molecule has 8 nitrogen and oxygen atoms in total. The summed E-state index contributed by atoms with van der Waals surface area (Å²) in [6, 6.07) is 8.23. The minimum absolute atomic E-state index is 0.698. The number of anilines is 3. The molecule has 2 aromatic rings. The molecule has 0 atom stereocenters. The number of piperazine rings is 1. The number of hydrogen-bond donors (Lipinski definition) is 0. The zero-order chi connectivity index (χ0) is 17.8. The molecular formula is C18H24N6O2. The molecule has 0 aliphatic carbocycles. The summed E-state index contributed by atoms with van der Waals surface area (Å²) >= 11 is 0. The largest absolute Gasteiger partial charge is 0.497 e. The van der Waals surface area contributed by atoms with Gasteiger partial charge in [0.25, 0.3) is 0 Å². The van der Waals surface area contributed by atoms with Crippen molar-refractivity contribution in [3.8, 4) is 5.75 Å². The van der Waals surface area contributed by atoms with E-state index in [0.717, 1.165) is 50.8 Å². The van der Waals surface area contributed by atoms with Crippen molar-refractivity contribution in [2.24, 2.45) is 0 Å². The second-order valence-corrected chi connectivity index (χ2v) is 6.39. The van der Waals surface area contributed by atoms with E-state index in [0.29, 0.717) is 19.2 Å². The fourth-order valence-corrected chi connectivity index (χ4v) is 3.32. The van der Waals surface area contributed by atoms with Crippen LogP contribution >= 0.6 is 0 Å². The van der Waals surface area contributed by atoms with Crippen LogP contribution in [0.15, 0.2) is 30.5 Å². The van der Waals surface area contributed by atoms with E-state index in [1.807, 2.05) is 12.1 Å². The van der Waals surface area contributed by atoms with Crippen molar-refractivity contribution in [2.45, 2.75) is 0 Å². The summed E-state index contributed by atoms with van der Waals surface area (Å²) in [6.45, 7) is 6.78. The topological polar surface area (TPSA) is 66.9 Å². The van der Waals surface area contributed by atoms with Gasteiger partial charge in [0, 0.05) is 45.0 Å². The lowest BCUT2D eigenvalue weighted by Gasteiger charge is -2.37. The molecule has 2 aliphatic rings. The predicted molar refractivity (Wildman–Crippen MR) is 100 cm³/mol. The van der Waals surface area contributed by atoms with Gasteiger partial charge in [-0.25, -0.2) is 0 Å². The number of morpholine rings is 1. The van der Waals surface area contributed by atoms with E-state index in [9.17, 15) is 0 Å². The first-order valence-corrected chi connectivity index (χ1v) is 9.00. The Labute approximate surface area is 153 Å². The smallest absolute Gasteiger partial charge is 0.247 e. The van der Waals surface area contributed by atoms with Gasteiger partial charge in [0.1, 0.15) is 5.75 Å². The Morgan fingerprint density at radius 1 is 0.885 bits per heavy atom. The third-order valence-corrected chi connectivity index (χ3v) is 4.87. The maximum atomic E-state index is 5.39. The van der Waals surface area contributed by atoms with Crippen molar-refractivity contribution in [1.29, 1.82) is 0 Å². The summed E-state index contributed by atoms with van der Waals surface area (Å²) in [5.74, 6) is 2.48. The molecule has 0 saturated carbocycles. The molecule has 4 rings (SSSR count). The van der Waals surface area contributed by atoms with Crippen molar-refractivity contribution >= 4 is 17.5 Å². The SMILES string of the molecule is COc1ccc(N2CCN(c3cnnc(N4CCOCC4)n3)CC2)cc1. The van der Waals surface area contributed by atoms with Gasteiger partial charge < -0.3 is 24.2 Å². The van der Waals surface area contributed by atoms with Gasteiger partial charge in [-0.15, -0.1) is 5.10 Å². The Balaban J connectivity index is 1.39. The second kappa shape index (κ2) is 7.74. The molecule has 0 radical (unpaired) electrons. The van der Waals surface area contributed by atoms with Gasteiger partial charge in [-0.05, 0) is 24.3 Å². The molecule has 2 saturated heterocycles. The molecular weight excluding hydrogens is 332 g/mol. The minimum Gasteiger partial charge on any atom is -0.497 e. The van der Waals surface area contributed by atoms with Crippen LogP contribution in [0, 0.1) is 0 Å². The van der Waals surface area contributed by atoms with Crippen LogP contribution in [-0.4, -0.2) is 74.8 Å². The average molecular weight is 356 g/mol. The molecule has 0 unspecified atom stereocenters. The van der Waals surface area contributed by atoms with Crippen LogP contribution in [0.2, 0.25) is 0 Å². The molecule has 2 aliphatic heterocycles. The normalized spacial score (nSPS) is 18.1. The zero-order valence-corrected chi connectivity index (χ0v) is 15.0. The Morgan fingerprint density at radius 3 is 2.27 bits per heavy atom. The van der Waals surface area contributed by atoms with Gasteiger partial charge in [-0.3, -0.25) is 0 Å². The lowest BCUT2D eigenvalue weighted by atomic mass is 10.2. The highest BCUT2D eigenvalue weighted by atomic mass is 16.5. The molecule has 0 amide bonds. The van der Waals surface area contributed by atoms with Crippen LogP contribution in [0.25, 0.3) is 0 Å². The minimum atomic E-state index is 0.698. The molecule has 0 N–H and O–H groups in total. The van der Waals surface area contributed by atoms with Crippen LogP contribution in [-0.2, 0) is 4.74 Å². The first-order valence-electron chi connectivity index (χ1n) is 9.00. The van der Waals surface area contributed by atoms with E-state index in [4.69, 9.17) is 14.5 Å². The number of benzene rings is 1. The summed E-state index contributed by atoms with van der Waals surface area (Å²) in [5, 5.41) is 8.36. The summed E-state index contributed by atoms with van der Waals surface area (Å²) in [7, 11) is 1.69. The van der Waals surface area contributed by atoms with Crippen LogP contribution in [0.3, 0.4) is 0 Å². The van der Waals surface area contributed by atoms with Crippen molar-refractivity contribution < 1.29 is 9.47 Å². The Bertz CT molecular complexity index is 712. The third-order valence-electron chi connectivity index (χ3n) is 4.87. The van der Waals surface area contributed by atoms with Gasteiger partial charge >= 0.3 is 0 Å². The molecule has 0 bridgehead atoms. The van der Waals surface area contributed by atoms with Crippen LogP contribution in [0.5, 0.6) is 5.75 Å². The number of rotatable bonds is 4. The molecule has 8 heteroatoms. The van der Waals surface area contributed by atoms with Crippen molar-refractivity contribution in [2.75, 3.05) is 74.3 Å². The maximum absolute atomic E-state index is 5.39. The van der Waals surface area contributed by atoms with Gasteiger partial charge in [0.2, 0.25) is 5.95 Å². The van der Waals surface area contributed by atoms with Gasteiger partial charge in [-0.1, -0.05) is 0 Å². The average Bonchev–Trinajstić information content (AvgIpc) is 2.75. The summed E-state index contributed by atoms with van der Waals surface area (Å²) in [4.78, 5) is 11.5. The van der Waals surface area contributed by atoms with E-state index in [1.54, 1.807) is 13.3 Å². The van der Waals surface area contributed by atoms with Gasteiger partial charge in [0.15, 0.2) is 5.82 Å². The summed E-state index contributed by atoms with van der Waals surface area (Å²) < 4.78 is 10.6. The third kappa shape index (κ3) is 3.65. The maximum Gasteiger partial charge on any atom is 0.247 e. The van der Waals surface area contributed by atoms with E-state index in [1.165, 1.54) is 5.69 Å². The van der Waals surface area contributed by atoms with Crippen LogP contribution < -0.4 is 19.4 Å². The molecule has 2 fully saturated rings. The molecule has 1 aromatic carbocycles. The van der Waals surface area contributed by atoms with Crippen LogP contribution in [0.4, 0.5) is 17.5 Å². The molecule has 26 heavy (non-hydrogen) atoms. The van der Waals surface area contributed by atoms with Gasteiger partial charge in [-0.2, -0.15) is 10.1 Å². The van der Waals surface area contributed by atoms with E-state index in [-0.39, 0.29) is 0 Å². The number of hydrogen-bond acceptors (Lipinski definition) is 8. The monoisotopic (exact) mass is 356 g/mol. The van der Waals surface area contributed by atoms with Crippen molar-refractivity contribution in [3.63, 3.8) is 0 Å². The summed E-state index contributed by atoms with van der Waals surface area (Å²) in [5.41, 5.74) is 1.22. The molecule has 1 aromatic heterocycles. The zero-order valence-electron chi connectivity index (χ0n) is 15.0. The highest BCUT2D eigenvalue weighted by Crippen LogP contribution is 2.22. The Kier molecular flexibility index (Phi) is 5.01. The lowest BCUT2D eigenvalue weighted by molar-refractivity contribution is 0.122. The van der Waals surface area contributed by atoms with E-state index in [2.05, 4.69) is 37.0 Å².